The van der Waals surface area contributed by atoms with E-state index in [9.17, 15) is 9.59 Å². The summed E-state index contributed by atoms with van der Waals surface area (Å²) in [5.74, 6) is 0.240. The zero-order valence-electron chi connectivity index (χ0n) is 17.1. The van der Waals surface area contributed by atoms with E-state index in [1.807, 2.05) is 37.3 Å². The van der Waals surface area contributed by atoms with Gasteiger partial charge in [-0.15, -0.1) is 10.2 Å². The van der Waals surface area contributed by atoms with Gasteiger partial charge < -0.3 is 19.5 Å². The van der Waals surface area contributed by atoms with E-state index in [2.05, 4.69) is 15.5 Å². The predicted octanol–water partition coefficient (Wildman–Crippen LogP) is 3.21. The van der Waals surface area contributed by atoms with E-state index in [0.29, 0.717) is 38.5 Å². The van der Waals surface area contributed by atoms with Gasteiger partial charge in [-0.2, -0.15) is 0 Å². The molecular formula is C21H23N5O3S2. The summed E-state index contributed by atoms with van der Waals surface area (Å²) in [4.78, 5) is 28.7. The third-order valence-corrected chi connectivity index (χ3v) is 6.98. The fourth-order valence-electron chi connectivity index (χ4n) is 3.25. The molecule has 0 spiro atoms. The van der Waals surface area contributed by atoms with Crippen molar-refractivity contribution >= 4 is 40.0 Å². The van der Waals surface area contributed by atoms with Crippen molar-refractivity contribution < 1.29 is 14.0 Å². The topological polar surface area (TPSA) is 91.6 Å². The second-order valence-corrected chi connectivity index (χ2v) is 9.63. The molecular weight excluding hydrogens is 434 g/mol. The number of hydrogen-bond donors (Lipinski definition) is 1. The van der Waals surface area contributed by atoms with E-state index >= 15 is 0 Å². The molecule has 8 nitrogen and oxygen atoms in total. The van der Waals surface area contributed by atoms with Crippen molar-refractivity contribution in [2.24, 2.45) is 0 Å². The number of thioether (sulfide) groups is 1. The molecule has 0 saturated carbocycles. The molecule has 1 fully saturated rings. The fourth-order valence-corrected chi connectivity index (χ4v) is 5.22. The van der Waals surface area contributed by atoms with Gasteiger partial charge in [-0.1, -0.05) is 53.4 Å². The third kappa shape index (κ3) is 5.45. The summed E-state index contributed by atoms with van der Waals surface area (Å²) in [6.07, 6.45) is 1.49. The standard InChI is InChI=1S/C21H23N5O3S2/c1-15(30-21-24-23-20(31-21)22-14-16-6-3-2-4-7-16)18(27)25-9-11-26(12-10-25)19(28)17-8-5-13-29-17/h2-8,13,15H,9-12,14H2,1H3,(H,22,23)/t15-/m1/s1. The van der Waals surface area contributed by atoms with Crippen molar-refractivity contribution in [1.82, 2.24) is 20.0 Å². The maximum absolute atomic E-state index is 12.8. The van der Waals surface area contributed by atoms with Crippen LogP contribution in [-0.2, 0) is 11.3 Å². The molecule has 1 saturated heterocycles. The molecule has 3 aromatic rings. The lowest BCUT2D eigenvalue weighted by molar-refractivity contribution is -0.131. The van der Waals surface area contributed by atoms with Gasteiger partial charge in [0.25, 0.3) is 5.91 Å². The maximum Gasteiger partial charge on any atom is 0.289 e. The van der Waals surface area contributed by atoms with Crippen molar-refractivity contribution in [3.63, 3.8) is 0 Å². The lowest BCUT2D eigenvalue weighted by Gasteiger charge is -2.35. The molecule has 4 rings (SSSR count). The van der Waals surface area contributed by atoms with Gasteiger partial charge in [-0.05, 0) is 24.6 Å². The Hall–Kier alpha value is -2.85. The molecule has 1 aromatic carbocycles. The molecule has 0 aliphatic carbocycles. The first-order valence-corrected chi connectivity index (χ1v) is 11.7. The van der Waals surface area contributed by atoms with E-state index in [4.69, 9.17) is 4.42 Å². The van der Waals surface area contributed by atoms with Crippen LogP contribution in [-0.4, -0.2) is 63.2 Å². The number of rotatable bonds is 7. The van der Waals surface area contributed by atoms with Crippen LogP contribution in [0, 0.1) is 0 Å². The quantitative estimate of drug-likeness (QED) is 0.545. The highest BCUT2D eigenvalue weighted by atomic mass is 32.2. The summed E-state index contributed by atoms with van der Waals surface area (Å²) >= 11 is 2.85. The Kier molecular flexibility index (Phi) is 6.88. The molecule has 3 heterocycles. The third-order valence-electron chi connectivity index (χ3n) is 4.93. The van der Waals surface area contributed by atoms with Crippen LogP contribution in [0.15, 0.2) is 57.5 Å². The number of carbonyl (C=O) groups excluding carboxylic acids is 2. The lowest BCUT2D eigenvalue weighted by atomic mass is 10.2. The minimum absolute atomic E-state index is 0.0455. The summed E-state index contributed by atoms with van der Waals surface area (Å²) in [5, 5.41) is 12.1. The number of carbonyl (C=O) groups is 2. The first-order valence-electron chi connectivity index (χ1n) is 9.99. The van der Waals surface area contributed by atoms with Gasteiger partial charge in [0.05, 0.1) is 11.5 Å². The molecule has 31 heavy (non-hydrogen) atoms. The van der Waals surface area contributed by atoms with Gasteiger partial charge in [0.2, 0.25) is 11.0 Å². The van der Waals surface area contributed by atoms with Crippen LogP contribution in [0.3, 0.4) is 0 Å². The summed E-state index contributed by atoms with van der Waals surface area (Å²) in [6, 6.07) is 13.4. The molecule has 1 atom stereocenters. The van der Waals surface area contributed by atoms with Crippen LogP contribution in [0.4, 0.5) is 5.13 Å². The smallest absolute Gasteiger partial charge is 0.289 e. The number of benzene rings is 1. The average molecular weight is 458 g/mol. The van der Waals surface area contributed by atoms with E-state index < -0.39 is 0 Å². The monoisotopic (exact) mass is 457 g/mol. The van der Waals surface area contributed by atoms with E-state index in [0.717, 1.165) is 9.47 Å². The van der Waals surface area contributed by atoms with Gasteiger partial charge in [-0.25, -0.2) is 0 Å². The number of aromatic nitrogens is 2. The Morgan fingerprint density at radius 2 is 1.84 bits per heavy atom. The lowest BCUT2D eigenvalue weighted by Crippen LogP contribution is -2.52. The Bertz CT molecular complexity index is 1000. The summed E-state index contributed by atoms with van der Waals surface area (Å²) in [6.45, 7) is 4.57. The summed E-state index contributed by atoms with van der Waals surface area (Å²) in [5.41, 5.74) is 1.17. The Labute approximate surface area is 188 Å². The molecule has 0 bridgehead atoms. The molecule has 0 radical (unpaired) electrons. The highest BCUT2D eigenvalue weighted by molar-refractivity contribution is 8.02. The molecule has 1 N–H and O–H groups in total. The van der Waals surface area contributed by atoms with E-state index in [-0.39, 0.29) is 17.1 Å². The molecule has 1 aliphatic heterocycles. The number of nitrogens with zero attached hydrogens (tertiary/aromatic N) is 4. The first kappa shape index (κ1) is 21.4. The Morgan fingerprint density at radius 1 is 1.10 bits per heavy atom. The normalized spacial score (nSPS) is 15.0. The zero-order valence-corrected chi connectivity index (χ0v) is 18.7. The van der Waals surface area contributed by atoms with Crippen molar-refractivity contribution in [3.8, 4) is 0 Å². The van der Waals surface area contributed by atoms with E-state index in [1.54, 1.807) is 21.9 Å². The van der Waals surface area contributed by atoms with Crippen molar-refractivity contribution in [2.75, 3.05) is 31.5 Å². The van der Waals surface area contributed by atoms with Crippen LogP contribution in [0.2, 0.25) is 0 Å². The van der Waals surface area contributed by atoms with Crippen LogP contribution in [0.1, 0.15) is 23.0 Å². The fraction of sp³-hybridized carbons (Fsp3) is 0.333. The largest absolute Gasteiger partial charge is 0.459 e. The molecule has 162 valence electrons. The molecule has 2 amide bonds. The first-order chi connectivity index (χ1) is 15.1. The molecule has 10 heteroatoms. The van der Waals surface area contributed by atoms with Crippen LogP contribution < -0.4 is 5.32 Å². The highest BCUT2D eigenvalue weighted by Gasteiger charge is 2.29. The minimum Gasteiger partial charge on any atom is -0.459 e. The van der Waals surface area contributed by atoms with Gasteiger partial charge in [0.15, 0.2) is 10.1 Å². The number of amides is 2. The molecule has 1 aliphatic rings. The van der Waals surface area contributed by atoms with Gasteiger partial charge in [-0.3, -0.25) is 9.59 Å². The SMILES string of the molecule is C[C@@H](Sc1nnc(NCc2ccccc2)s1)C(=O)N1CCN(C(=O)c2ccco2)CC1. The van der Waals surface area contributed by atoms with Crippen molar-refractivity contribution in [1.29, 1.82) is 0 Å². The predicted molar refractivity (Wildman–Crippen MR) is 120 cm³/mol. The molecule has 2 aromatic heterocycles. The highest BCUT2D eigenvalue weighted by Crippen LogP contribution is 2.30. The van der Waals surface area contributed by atoms with Gasteiger partial charge in [0, 0.05) is 32.7 Å². The van der Waals surface area contributed by atoms with Crippen molar-refractivity contribution in [2.45, 2.75) is 23.1 Å². The van der Waals surface area contributed by atoms with Gasteiger partial charge >= 0.3 is 0 Å². The van der Waals surface area contributed by atoms with Gasteiger partial charge in [0.1, 0.15) is 0 Å². The number of hydrogen-bond acceptors (Lipinski definition) is 8. The summed E-state index contributed by atoms with van der Waals surface area (Å²) < 4.78 is 5.93. The van der Waals surface area contributed by atoms with Crippen LogP contribution in [0.25, 0.3) is 0 Å². The average Bonchev–Trinajstić information content (AvgIpc) is 3.50. The Morgan fingerprint density at radius 3 is 2.55 bits per heavy atom. The van der Waals surface area contributed by atoms with Crippen molar-refractivity contribution in [3.05, 3.63) is 60.1 Å². The number of nitrogens with one attached hydrogen (secondary N) is 1. The number of furan rings is 1. The molecule has 0 unspecified atom stereocenters. The minimum atomic E-state index is -0.276. The zero-order chi connectivity index (χ0) is 21.6. The van der Waals surface area contributed by atoms with E-state index in [1.165, 1.54) is 34.9 Å². The van der Waals surface area contributed by atoms with Crippen LogP contribution in [0.5, 0.6) is 0 Å². The summed E-state index contributed by atoms with van der Waals surface area (Å²) in [7, 11) is 0. The number of anilines is 1. The second-order valence-electron chi connectivity index (χ2n) is 7.07. The van der Waals surface area contributed by atoms with Crippen LogP contribution >= 0.6 is 23.1 Å². The number of piperazine rings is 1. The second kappa shape index (κ2) is 9.97. The Balaban J connectivity index is 1.24. The maximum atomic E-state index is 12.8.